The van der Waals surface area contributed by atoms with Crippen molar-refractivity contribution in [3.63, 3.8) is 0 Å². The lowest BCUT2D eigenvalue weighted by atomic mass is 9.78. The summed E-state index contributed by atoms with van der Waals surface area (Å²) in [6.07, 6.45) is 0. The molecular weight excluding hydrogens is 619 g/mol. The molecule has 1 fully saturated rings. The van der Waals surface area contributed by atoms with E-state index >= 15 is 0 Å². The first-order valence-electron chi connectivity index (χ1n) is 17.8. The van der Waals surface area contributed by atoms with Gasteiger partial charge in [-0.15, -0.1) is 0 Å². The first-order chi connectivity index (χ1) is 24.7. The lowest BCUT2D eigenvalue weighted by Crippen LogP contribution is -2.41. The van der Waals surface area contributed by atoms with Gasteiger partial charge in [-0.1, -0.05) is 146 Å². The van der Waals surface area contributed by atoms with Gasteiger partial charge in [0.05, 0.1) is 11.2 Å². The molecule has 0 amide bonds. The molecule has 51 heavy (non-hydrogen) atoms. The predicted molar refractivity (Wildman–Crippen MR) is 215 cm³/mol. The van der Waals surface area contributed by atoms with Crippen LogP contribution in [0, 0.1) is 0 Å². The number of hydrogen-bond acceptors (Lipinski definition) is 2. The molecule has 0 N–H and O–H groups in total. The van der Waals surface area contributed by atoms with Crippen LogP contribution in [0.4, 0.5) is 0 Å². The number of rotatable bonds is 7. The molecule has 0 bridgehead atoms. The van der Waals surface area contributed by atoms with Gasteiger partial charge in [0.1, 0.15) is 0 Å². The van der Waals surface area contributed by atoms with Crippen LogP contribution in [0.5, 0.6) is 0 Å². The van der Waals surface area contributed by atoms with Crippen LogP contribution in [0.3, 0.4) is 0 Å². The standard InChI is InChI=1S/C48H41BO2/c1-47(2)48(3,4)51-49(50-47)46-27-13-26-45(33-46)44-25-12-24-43(32-44)42-23-11-22-41(31-42)40-21-10-20-39(30-40)38-19-9-18-37(29-38)36-17-8-16-35(28-36)34-14-6-5-7-15-34/h5-33H,1-4H3. The average Bonchev–Trinajstić information content (AvgIpc) is 3.41. The second-order valence-electron chi connectivity index (χ2n) is 14.5. The van der Waals surface area contributed by atoms with Gasteiger partial charge >= 0.3 is 7.12 Å². The summed E-state index contributed by atoms with van der Waals surface area (Å²) in [4.78, 5) is 0. The Bertz CT molecular complexity index is 2320. The average molecular weight is 661 g/mol. The van der Waals surface area contributed by atoms with E-state index in [1.54, 1.807) is 0 Å². The molecule has 1 heterocycles. The van der Waals surface area contributed by atoms with Crippen LogP contribution in [0.25, 0.3) is 66.8 Å². The Labute approximate surface area is 302 Å². The first kappa shape index (κ1) is 32.7. The van der Waals surface area contributed by atoms with E-state index in [1.165, 1.54) is 55.6 Å². The molecule has 0 unspecified atom stereocenters. The van der Waals surface area contributed by atoms with Crippen molar-refractivity contribution in [1.29, 1.82) is 0 Å². The smallest absolute Gasteiger partial charge is 0.399 e. The van der Waals surface area contributed by atoms with Crippen LogP contribution in [0.15, 0.2) is 176 Å². The zero-order valence-electron chi connectivity index (χ0n) is 29.6. The van der Waals surface area contributed by atoms with Gasteiger partial charge < -0.3 is 9.31 Å². The third-order valence-corrected chi connectivity index (χ3v) is 10.5. The Balaban J connectivity index is 1.06. The second-order valence-corrected chi connectivity index (χ2v) is 14.5. The molecule has 7 aromatic carbocycles. The highest BCUT2D eigenvalue weighted by Crippen LogP contribution is 2.37. The molecule has 0 atom stereocenters. The van der Waals surface area contributed by atoms with Crippen molar-refractivity contribution >= 4 is 12.6 Å². The van der Waals surface area contributed by atoms with Crippen molar-refractivity contribution < 1.29 is 9.31 Å². The summed E-state index contributed by atoms with van der Waals surface area (Å²) in [5.74, 6) is 0. The van der Waals surface area contributed by atoms with Crippen LogP contribution in [-0.2, 0) is 9.31 Å². The van der Waals surface area contributed by atoms with Gasteiger partial charge in [0.25, 0.3) is 0 Å². The van der Waals surface area contributed by atoms with Crippen molar-refractivity contribution in [2.24, 2.45) is 0 Å². The van der Waals surface area contributed by atoms with E-state index < -0.39 is 0 Å². The molecule has 0 aliphatic carbocycles. The molecule has 0 spiro atoms. The highest BCUT2D eigenvalue weighted by molar-refractivity contribution is 6.62. The molecule has 0 aromatic heterocycles. The molecule has 0 radical (unpaired) electrons. The van der Waals surface area contributed by atoms with Gasteiger partial charge in [-0.25, -0.2) is 0 Å². The van der Waals surface area contributed by atoms with Gasteiger partial charge in [-0.3, -0.25) is 0 Å². The number of benzene rings is 7. The molecule has 1 aliphatic heterocycles. The van der Waals surface area contributed by atoms with Gasteiger partial charge in [0, 0.05) is 0 Å². The summed E-state index contributed by atoms with van der Waals surface area (Å²) in [5.41, 5.74) is 14.6. The SMILES string of the molecule is CC1(C)OB(c2cccc(-c3cccc(-c4cccc(-c5cccc(-c6cccc(-c7cccc(-c8ccccc8)c7)c6)c5)c4)c3)c2)OC1(C)C. The highest BCUT2D eigenvalue weighted by atomic mass is 16.7. The largest absolute Gasteiger partial charge is 0.494 e. The van der Waals surface area contributed by atoms with Gasteiger partial charge in [-0.05, 0) is 130 Å². The Kier molecular flexibility index (Phi) is 8.56. The fraction of sp³-hybridized carbons (Fsp3) is 0.125. The van der Waals surface area contributed by atoms with E-state index in [-0.39, 0.29) is 18.3 Å². The van der Waals surface area contributed by atoms with E-state index in [1.807, 2.05) is 0 Å². The van der Waals surface area contributed by atoms with Crippen molar-refractivity contribution in [3.05, 3.63) is 176 Å². The van der Waals surface area contributed by atoms with Crippen molar-refractivity contribution in [1.82, 2.24) is 0 Å². The quantitative estimate of drug-likeness (QED) is 0.158. The van der Waals surface area contributed by atoms with Crippen LogP contribution >= 0.6 is 0 Å². The van der Waals surface area contributed by atoms with Crippen molar-refractivity contribution in [3.8, 4) is 66.8 Å². The zero-order chi connectivity index (χ0) is 35.0. The fourth-order valence-corrected chi connectivity index (χ4v) is 6.87. The summed E-state index contributed by atoms with van der Waals surface area (Å²) in [7, 11) is -0.390. The molecule has 3 heteroatoms. The Morgan fingerprint density at radius 1 is 0.294 bits per heavy atom. The highest BCUT2D eigenvalue weighted by Gasteiger charge is 2.51. The minimum atomic E-state index is -0.390. The van der Waals surface area contributed by atoms with Crippen molar-refractivity contribution in [2.45, 2.75) is 38.9 Å². The van der Waals surface area contributed by atoms with Crippen LogP contribution in [0.2, 0.25) is 0 Å². The van der Waals surface area contributed by atoms with E-state index in [2.05, 4.69) is 204 Å². The minimum absolute atomic E-state index is 0.377. The Morgan fingerprint density at radius 3 is 0.882 bits per heavy atom. The Hall–Kier alpha value is -5.48. The van der Waals surface area contributed by atoms with E-state index in [0.29, 0.717) is 0 Å². The summed E-state index contributed by atoms with van der Waals surface area (Å²) in [5, 5.41) is 0. The first-order valence-corrected chi connectivity index (χ1v) is 17.8. The lowest BCUT2D eigenvalue weighted by molar-refractivity contribution is 0.00578. The molecule has 1 saturated heterocycles. The Morgan fingerprint density at radius 2 is 0.549 bits per heavy atom. The summed E-state index contributed by atoms with van der Waals surface area (Å²) < 4.78 is 12.7. The van der Waals surface area contributed by atoms with E-state index in [9.17, 15) is 0 Å². The maximum atomic E-state index is 6.35. The topological polar surface area (TPSA) is 18.5 Å². The minimum Gasteiger partial charge on any atom is -0.399 e. The third-order valence-electron chi connectivity index (χ3n) is 10.5. The second kappa shape index (κ2) is 13.3. The van der Waals surface area contributed by atoms with Crippen LogP contribution < -0.4 is 5.46 Å². The molecule has 8 rings (SSSR count). The molecule has 0 saturated carbocycles. The van der Waals surface area contributed by atoms with Crippen LogP contribution in [-0.4, -0.2) is 18.3 Å². The van der Waals surface area contributed by atoms with Gasteiger partial charge in [0.2, 0.25) is 0 Å². The van der Waals surface area contributed by atoms with Crippen LogP contribution in [0.1, 0.15) is 27.7 Å². The molecular formula is C48H41BO2. The van der Waals surface area contributed by atoms with Gasteiger partial charge in [-0.2, -0.15) is 0 Å². The zero-order valence-corrected chi connectivity index (χ0v) is 29.6. The molecule has 2 nitrogen and oxygen atoms in total. The van der Waals surface area contributed by atoms with Gasteiger partial charge in [0.15, 0.2) is 0 Å². The monoisotopic (exact) mass is 660 g/mol. The molecule has 7 aromatic rings. The maximum absolute atomic E-state index is 6.35. The lowest BCUT2D eigenvalue weighted by Gasteiger charge is -2.32. The van der Waals surface area contributed by atoms with E-state index in [4.69, 9.17) is 9.31 Å². The maximum Gasteiger partial charge on any atom is 0.494 e. The van der Waals surface area contributed by atoms with Crippen molar-refractivity contribution in [2.75, 3.05) is 0 Å². The molecule has 248 valence electrons. The molecule has 1 aliphatic rings. The summed E-state index contributed by atoms with van der Waals surface area (Å²) in [6.45, 7) is 8.37. The third kappa shape index (κ3) is 6.71. The predicted octanol–water partition coefficient (Wildman–Crippen LogP) is 12.0. The fourth-order valence-electron chi connectivity index (χ4n) is 6.87. The normalized spacial score (nSPS) is 14.8. The van der Waals surface area contributed by atoms with E-state index in [0.717, 1.165) is 16.6 Å². The number of hydrogen-bond donors (Lipinski definition) is 0. The summed E-state index contributed by atoms with van der Waals surface area (Å²) >= 11 is 0. The summed E-state index contributed by atoms with van der Waals surface area (Å²) in [6, 6.07) is 63.2.